The Morgan fingerprint density at radius 1 is 0.958 bits per heavy atom. The van der Waals surface area contributed by atoms with Gasteiger partial charge in [-0.3, -0.25) is 0 Å². The van der Waals surface area contributed by atoms with E-state index in [0.717, 1.165) is 13.1 Å². The van der Waals surface area contributed by atoms with Crippen molar-refractivity contribution < 1.29 is 4.79 Å². The topological polar surface area (TPSA) is 32.3 Å². The first kappa shape index (κ1) is 18.1. The highest BCUT2D eigenvalue weighted by molar-refractivity contribution is 5.74. The zero-order valence-electron chi connectivity index (χ0n) is 14.9. The molecule has 2 amide bonds. The molecule has 2 aromatic rings. The molecular formula is C21H28N2O. The Hall–Kier alpha value is -2.29. The first-order valence-corrected chi connectivity index (χ1v) is 8.74. The summed E-state index contributed by atoms with van der Waals surface area (Å²) in [5.41, 5.74) is 2.44. The standard InChI is InChI=1S/C21H28N2O/c1-4-23(16-17(2)3)21(24)22-15-20(18-11-7-5-8-12-18)19-13-9-6-10-14-19/h5-14,17,20H,4,15-16H2,1-3H3,(H,22,24). The maximum Gasteiger partial charge on any atom is 0.317 e. The lowest BCUT2D eigenvalue weighted by atomic mass is 9.91. The van der Waals surface area contributed by atoms with E-state index in [1.165, 1.54) is 11.1 Å². The summed E-state index contributed by atoms with van der Waals surface area (Å²) in [6.07, 6.45) is 0. The zero-order valence-corrected chi connectivity index (χ0v) is 14.9. The highest BCUT2D eigenvalue weighted by Crippen LogP contribution is 2.23. The molecular weight excluding hydrogens is 296 g/mol. The SMILES string of the molecule is CCN(CC(C)C)C(=O)NCC(c1ccccc1)c1ccccc1. The lowest BCUT2D eigenvalue weighted by molar-refractivity contribution is 0.193. The molecule has 0 fully saturated rings. The molecule has 0 unspecified atom stereocenters. The van der Waals surface area contributed by atoms with Crippen molar-refractivity contribution in [1.82, 2.24) is 10.2 Å². The van der Waals surface area contributed by atoms with E-state index in [4.69, 9.17) is 0 Å². The van der Waals surface area contributed by atoms with Crippen molar-refractivity contribution in [3.8, 4) is 0 Å². The highest BCUT2D eigenvalue weighted by atomic mass is 16.2. The molecule has 0 aromatic heterocycles. The fourth-order valence-electron chi connectivity index (χ4n) is 2.90. The average molecular weight is 324 g/mol. The van der Waals surface area contributed by atoms with Crippen molar-refractivity contribution in [3.05, 3.63) is 71.8 Å². The second-order valence-corrected chi connectivity index (χ2v) is 6.49. The second-order valence-electron chi connectivity index (χ2n) is 6.49. The number of benzene rings is 2. The van der Waals surface area contributed by atoms with Crippen molar-refractivity contribution >= 4 is 6.03 Å². The van der Waals surface area contributed by atoms with Gasteiger partial charge in [-0.2, -0.15) is 0 Å². The second kappa shape index (κ2) is 9.11. The fraction of sp³-hybridized carbons (Fsp3) is 0.381. The molecule has 2 rings (SSSR count). The number of nitrogens with zero attached hydrogens (tertiary/aromatic N) is 1. The molecule has 0 saturated heterocycles. The molecule has 0 radical (unpaired) electrons. The molecule has 0 atom stereocenters. The summed E-state index contributed by atoms with van der Waals surface area (Å²) in [5.74, 6) is 0.629. The third kappa shape index (κ3) is 5.12. The van der Waals surface area contributed by atoms with Gasteiger partial charge in [-0.1, -0.05) is 74.5 Å². The molecule has 0 heterocycles. The molecule has 2 aromatic carbocycles. The van der Waals surface area contributed by atoms with Crippen LogP contribution in [0.5, 0.6) is 0 Å². The quantitative estimate of drug-likeness (QED) is 0.798. The van der Waals surface area contributed by atoms with Gasteiger partial charge >= 0.3 is 6.03 Å². The van der Waals surface area contributed by atoms with E-state index in [2.05, 4.69) is 43.4 Å². The predicted octanol–water partition coefficient (Wildman–Crippen LogP) is 4.51. The maximum absolute atomic E-state index is 12.5. The third-order valence-electron chi connectivity index (χ3n) is 4.12. The molecule has 24 heavy (non-hydrogen) atoms. The molecule has 3 nitrogen and oxygen atoms in total. The van der Waals surface area contributed by atoms with Gasteiger partial charge in [0.2, 0.25) is 0 Å². The van der Waals surface area contributed by atoms with Crippen LogP contribution in [0.3, 0.4) is 0 Å². The van der Waals surface area contributed by atoms with Crippen LogP contribution in [-0.4, -0.2) is 30.6 Å². The minimum Gasteiger partial charge on any atom is -0.337 e. The largest absolute Gasteiger partial charge is 0.337 e. The zero-order chi connectivity index (χ0) is 17.4. The van der Waals surface area contributed by atoms with Crippen LogP contribution in [0, 0.1) is 5.92 Å². The number of hydrogen-bond donors (Lipinski definition) is 1. The Morgan fingerprint density at radius 3 is 1.88 bits per heavy atom. The van der Waals surface area contributed by atoms with Crippen molar-refractivity contribution in [1.29, 1.82) is 0 Å². The van der Waals surface area contributed by atoms with Gasteiger partial charge in [0, 0.05) is 25.6 Å². The van der Waals surface area contributed by atoms with Gasteiger partial charge in [0.25, 0.3) is 0 Å². The summed E-state index contributed by atoms with van der Waals surface area (Å²) in [6.45, 7) is 8.39. The Kier molecular flexibility index (Phi) is 6.86. The highest BCUT2D eigenvalue weighted by Gasteiger charge is 2.17. The van der Waals surface area contributed by atoms with Crippen molar-refractivity contribution in [2.45, 2.75) is 26.7 Å². The van der Waals surface area contributed by atoms with Gasteiger partial charge < -0.3 is 10.2 Å². The van der Waals surface area contributed by atoms with E-state index < -0.39 is 0 Å². The van der Waals surface area contributed by atoms with Crippen LogP contribution in [0.4, 0.5) is 4.79 Å². The summed E-state index contributed by atoms with van der Waals surface area (Å²) in [4.78, 5) is 14.4. The van der Waals surface area contributed by atoms with Crippen LogP contribution < -0.4 is 5.32 Å². The fourth-order valence-corrected chi connectivity index (χ4v) is 2.90. The monoisotopic (exact) mass is 324 g/mol. The van der Waals surface area contributed by atoms with Gasteiger partial charge in [0.1, 0.15) is 0 Å². The smallest absolute Gasteiger partial charge is 0.317 e. The molecule has 1 N–H and O–H groups in total. The molecule has 3 heteroatoms. The summed E-state index contributed by atoms with van der Waals surface area (Å²) in [5, 5.41) is 3.12. The Bertz CT molecular complexity index is 571. The van der Waals surface area contributed by atoms with Crippen LogP contribution in [0.25, 0.3) is 0 Å². The number of carbonyl (C=O) groups excluding carboxylic acids is 1. The molecule has 0 aliphatic carbocycles. The number of nitrogens with one attached hydrogen (secondary N) is 1. The Morgan fingerprint density at radius 2 is 1.46 bits per heavy atom. The van der Waals surface area contributed by atoms with Gasteiger partial charge in [-0.25, -0.2) is 4.79 Å². The van der Waals surface area contributed by atoms with Gasteiger partial charge in [0.05, 0.1) is 0 Å². The van der Waals surface area contributed by atoms with E-state index >= 15 is 0 Å². The van der Waals surface area contributed by atoms with E-state index in [-0.39, 0.29) is 11.9 Å². The molecule has 0 aliphatic rings. The van der Waals surface area contributed by atoms with E-state index in [1.54, 1.807) is 0 Å². The Labute approximate surface area is 145 Å². The minimum absolute atomic E-state index is 0.0167. The molecule has 0 aliphatic heterocycles. The number of urea groups is 1. The van der Waals surface area contributed by atoms with Crippen LogP contribution in [0.1, 0.15) is 37.8 Å². The molecule has 128 valence electrons. The summed E-state index contributed by atoms with van der Waals surface area (Å²) in [6, 6.07) is 20.7. The number of amides is 2. The summed E-state index contributed by atoms with van der Waals surface area (Å²) < 4.78 is 0. The molecule has 0 spiro atoms. The first-order valence-electron chi connectivity index (χ1n) is 8.74. The number of hydrogen-bond acceptors (Lipinski definition) is 1. The van der Waals surface area contributed by atoms with E-state index in [0.29, 0.717) is 12.5 Å². The maximum atomic E-state index is 12.5. The van der Waals surface area contributed by atoms with Crippen molar-refractivity contribution in [2.75, 3.05) is 19.6 Å². The van der Waals surface area contributed by atoms with Crippen LogP contribution in [-0.2, 0) is 0 Å². The molecule has 0 bridgehead atoms. The third-order valence-corrected chi connectivity index (χ3v) is 4.12. The van der Waals surface area contributed by atoms with Crippen molar-refractivity contribution in [3.63, 3.8) is 0 Å². The lowest BCUT2D eigenvalue weighted by Crippen LogP contribution is -2.43. The van der Waals surface area contributed by atoms with Crippen LogP contribution in [0.2, 0.25) is 0 Å². The van der Waals surface area contributed by atoms with Crippen LogP contribution >= 0.6 is 0 Å². The molecule has 0 saturated carbocycles. The van der Waals surface area contributed by atoms with Crippen LogP contribution in [0.15, 0.2) is 60.7 Å². The predicted molar refractivity (Wildman–Crippen MR) is 100 cm³/mol. The first-order chi connectivity index (χ1) is 11.6. The van der Waals surface area contributed by atoms with Gasteiger partial charge in [0.15, 0.2) is 0 Å². The summed E-state index contributed by atoms with van der Waals surface area (Å²) >= 11 is 0. The lowest BCUT2D eigenvalue weighted by Gasteiger charge is -2.25. The number of carbonyl (C=O) groups is 1. The van der Waals surface area contributed by atoms with E-state index in [1.807, 2.05) is 48.2 Å². The van der Waals surface area contributed by atoms with Crippen molar-refractivity contribution in [2.24, 2.45) is 5.92 Å². The minimum atomic E-state index is 0.0167. The van der Waals surface area contributed by atoms with E-state index in [9.17, 15) is 4.79 Å². The normalized spacial score (nSPS) is 10.9. The number of rotatable bonds is 7. The summed E-state index contributed by atoms with van der Waals surface area (Å²) in [7, 11) is 0. The Balaban J connectivity index is 2.11. The average Bonchev–Trinajstić information content (AvgIpc) is 2.61. The van der Waals surface area contributed by atoms with Gasteiger partial charge in [-0.05, 0) is 24.0 Å². The van der Waals surface area contributed by atoms with Gasteiger partial charge in [-0.15, -0.1) is 0 Å².